The van der Waals surface area contributed by atoms with Crippen molar-refractivity contribution in [3.05, 3.63) is 52.6 Å². The molecule has 0 atom stereocenters. The van der Waals surface area contributed by atoms with E-state index in [2.05, 4.69) is 15.5 Å². The third-order valence-electron chi connectivity index (χ3n) is 3.01. The Hall–Kier alpha value is -1.76. The minimum atomic E-state index is -0.0476. The van der Waals surface area contributed by atoms with Crippen molar-refractivity contribution in [3.63, 3.8) is 0 Å². The average molecular weight is 367 g/mol. The van der Waals surface area contributed by atoms with Gasteiger partial charge in [0.05, 0.1) is 10.0 Å². The summed E-state index contributed by atoms with van der Waals surface area (Å²) in [6.45, 7) is 0. The van der Waals surface area contributed by atoms with E-state index >= 15 is 0 Å². The van der Waals surface area contributed by atoms with Crippen LogP contribution in [0.2, 0.25) is 10.0 Å². The summed E-state index contributed by atoms with van der Waals surface area (Å²) >= 11 is 13.5. The first-order valence-corrected chi connectivity index (χ1v) is 8.55. The van der Waals surface area contributed by atoms with E-state index in [1.807, 2.05) is 30.3 Å². The molecule has 0 aliphatic rings. The van der Waals surface area contributed by atoms with Gasteiger partial charge in [-0.3, -0.25) is 9.20 Å². The molecule has 0 unspecified atom stereocenters. The number of fused-ring (bicyclic) bond motifs is 1. The largest absolute Gasteiger partial charge is 0.326 e. The average Bonchev–Trinajstić information content (AvgIpc) is 2.92. The number of halogens is 2. The number of hydrogen-bond acceptors (Lipinski definition) is 4. The van der Waals surface area contributed by atoms with Crippen LogP contribution in [-0.4, -0.2) is 26.3 Å². The number of hydrogen-bond donors (Lipinski definition) is 1. The van der Waals surface area contributed by atoms with Crippen LogP contribution in [-0.2, 0) is 4.79 Å². The third-order valence-corrected chi connectivity index (χ3v) is 4.44. The van der Waals surface area contributed by atoms with Crippen LogP contribution in [0.5, 0.6) is 0 Å². The molecule has 0 bridgehead atoms. The van der Waals surface area contributed by atoms with Crippen LogP contribution in [0.15, 0.2) is 47.8 Å². The van der Waals surface area contributed by atoms with E-state index in [1.54, 1.807) is 16.7 Å². The molecule has 0 spiro atoms. The first kappa shape index (κ1) is 16.1. The predicted molar refractivity (Wildman–Crippen MR) is 93.4 cm³/mol. The van der Waals surface area contributed by atoms with Gasteiger partial charge in [0.25, 0.3) is 0 Å². The van der Waals surface area contributed by atoms with Crippen LogP contribution in [0.1, 0.15) is 6.42 Å². The van der Waals surface area contributed by atoms with Gasteiger partial charge in [0, 0.05) is 24.1 Å². The highest BCUT2D eigenvalue weighted by Crippen LogP contribution is 2.25. The molecule has 118 valence electrons. The second-order valence-electron chi connectivity index (χ2n) is 4.70. The van der Waals surface area contributed by atoms with Crippen LogP contribution >= 0.6 is 35.0 Å². The minimum absolute atomic E-state index is 0.0476. The monoisotopic (exact) mass is 366 g/mol. The van der Waals surface area contributed by atoms with Crippen LogP contribution in [0, 0.1) is 0 Å². The smallest absolute Gasteiger partial charge is 0.225 e. The number of nitrogens with one attached hydrogen (secondary N) is 1. The van der Waals surface area contributed by atoms with Crippen LogP contribution in [0.4, 0.5) is 5.69 Å². The van der Waals surface area contributed by atoms with E-state index in [-0.39, 0.29) is 5.91 Å². The van der Waals surface area contributed by atoms with E-state index in [0.717, 1.165) is 5.69 Å². The van der Waals surface area contributed by atoms with Crippen molar-refractivity contribution < 1.29 is 4.79 Å². The summed E-state index contributed by atoms with van der Waals surface area (Å²) < 4.78 is 1.73. The van der Waals surface area contributed by atoms with Gasteiger partial charge in [0.1, 0.15) is 0 Å². The second kappa shape index (κ2) is 7.21. The number of aromatic nitrogens is 3. The molecule has 0 saturated carbocycles. The molecule has 3 aromatic rings. The number of benzene rings is 1. The summed E-state index contributed by atoms with van der Waals surface area (Å²) in [6, 6.07) is 11.0. The maximum atomic E-state index is 11.9. The van der Waals surface area contributed by atoms with Crippen molar-refractivity contribution in [2.24, 2.45) is 0 Å². The topological polar surface area (TPSA) is 59.3 Å². The maximum absolute atomic E-state index is 11.9. The van der Waals surface area contributed by atoms with Crippen LogP contribution < -0.4 is 5.32 Å². The van der Waals surface area contributed by atoms with Gasteiger partial charge in [0.15, 0.2) is 10.8 Å². The van der Waals surface area contributed by atoms with Crippen molar-refractivity contribution in [2.75, 3.05) is 11.1 Å². The lowest BCUT2D eigenvalue weighted by atomic mass is 10.3. The number of pyridine rings is 1. The number of carbonyl (C=O) groups is 1. The van der Waals surface area contributed by atoms with Gasteiger partial charge >= 0.3 is 0 Å². The van der Waals surface area contributed by atoms with Crippen LogP contribution in [0.3, 0.4) is 0 Å². The Morgan fingerprint density at radius 3 is 2.78 bits per heavy atom. The van der Waals surface area contributed by atoms with Crippen molar-refractivity contribution in [1.29, 1.82) is 0 Å². The Morgan fingerprint density at radius 1 is 1.22 bits per heavy atom. The zero-order valence-corrected chi connectivity index (χ0v) is 14.2. The molecule has 2 aromatic heterocycles. The fraction of sp³-hybridized carbons (Fsp3) is 0.133. The first-order valence-electron chi connectivity index (χ1n) is 6.81. The van der Waals surface area contributed by atoms with E-state index in [4.69, 9.17) is 23.2 Å². The highest BCUT2D eigenvalue weighted by molar-refractivity contribution is 7.99. The van der Waals surface area contributed by atoms with Gasteiger partial charge in [-0.2, -0.15) is 0 Å². The Labute approximate surface area is 147 Å². The lowest BCUT2D eigenvalue weighted by molar-refractivity contribution is -0.115. The number of carbonyl (C=O) groups excluding carboxylic acids is 1. The number of thioether (sulfide) groups is 1. The molecule has 0 aliphatic heterocycles. The predicted octanol–water partition coefficient (Wildman–Crippen LogP) is 4.16. The lowest BCUT2D eigenvalue weighted by Gasteiger charge is -2.04. The fourth-order valence-corrected chi connectivity index (χ4v) is 3.34. The highest BCUT2D eigenvalue weighted by atomic mass is 35.5. The summed E-state index contributed by atoms with van der Waals surface area (Å²) in [5, 5.41) is 12.5. The molecule has 0 saturated heterocycles. The quantitative estimate of drug-likeness (QED) is 0.688. The van der Waals surface area contributed by atoms with E-state index in [0.29, 0.717) is 33.0 Å². The molecule has 5 nitrogen and oxygen atoms in total. The molecule has 0 aliphatic carbocycles. The number of anilines is 1. The Kier molecular flexibility index (Phi) is 5.05. The van der Waals surface area contributed by atoms with E-state index in [9.17, 15) is 4.79 Å². The second-order valence-corrected chi connectivity index (χ2v) is 6.60. The molecule has 1 aromatic carbocycles. The molecular formula is C15H12Cl2N4OS. The summed E-state index contributed by atoms with van der Waals surface area (Å²) in [4.78, 5) is 11.9. The molecular weight excluding hydrogens is 355 g/mol. The summed E-state index contributed by atoms with van der Waals surface area (Å²) in [6.07, 6.45) is 2.07. The number of amides is 1. The molecule has 3 rings (SSSR count). The van der Waals surface area contributed by atoms with Crippen LogP contribution in [0.25, 0.3) is 5.65 Å². The van der Waals surface area contributed by atoms with Crippen molar-refractivity contribution in [3.8, 4) is 0 Å². The van der Waals surface area contributed by atoms with Gasteiger partial charge in [-0.1, -0.05) is 53.2 Å². The molecule has 23 heavy (non-hydrogen) atoms. The SMILES string of the molecule is O=C(CCSc1nnc2c(Cl)cc(Cl)cn12)Nc1ccccc1. The molecule has 8 heteroatoms. The summed E-state index contributed by atoms with van der Waals surface area (Å²) in [7, 11) is 0. The highest BCUT2D eigenvalue weighted by Gasteiger charge is 2.11. The normalized spacial score (nSPS) is 10.9. The molecule has 1 amide bonds. The zero-order chi connectivity index (χ0) is 16.2. The molecule has 1 N–H and O–H groups in total. The van der Waals surface area contributed by atoms with Gasteiger partial charge in [-0.05, 0) is 18.2 Å². The van der Waals surface area contributed by atoms with Gasteiger partial charge in [-0.15, -0.1) is 10.2 Å². The maximum Gasteiger partial charge on any atom is 0.225 e. The first-order chi connectivity index (χ1) is 11.1. The van der Waals surface area contributed by atoms with Crippen molar-refractivity contribution in [2.45, 2.75) is 11.6 Å². The van der Waals surface area contributed by atoms with E-state index < -0.39 is 0 Å². The van der Waals surface area contributed by atoms with Gasteiger partial charge < -0.3 is 5.32 Å². The van der Waals surface area contributed by atoms with Gasteiger partial charge in [0.2, 0.25) is 5.91 Å². The molecule has 0 fully saturated rings. The van der Waals surface area contributed by atoms with E-state index in [1.165, 1.54) is 11.8 Å². The lowest BCUT2D eigenvalue weighted by Crippen LogP contribution is -2.12. The minimum Gasteiger partial charge on any atom is -0.326 e. The zero-order valence-electron chi connectivity index (χ0n) is 11.9. The number of para-hydroxylation sites is 1. The fourth-order valence-electron chi connectivity index (χ4n) is 1.98. The number of nitrogens with zero attached hydrogens (tertiary/aromatic N) is 3. The van der Waals surface area contributed by atoms with Crippen molar-refractivity contribution in [1.82, 2.24) is 14.6 Å². The Balaban J connectivity index is 1.60. The van der Waals surface area contributed by atoms with Crippen molar-refractivity contribution >= 4 is 52.2 Å². The number of rotatable bonds is 5. The summed E-state index contributed by atoms with van der Waals surface area (Å²) in [5.41, 5.74) is 1.33. The Bertz CT molecular complexity index is 838. The van der Waals surface area contributed by atoms with Gasteiger partial charge in [-0.25, -0.2) is 0 Å². The molecule has 0 radical (unpaired) electrons. The standard InChI is InChI=1S/C15H12Cl2N4OS/c16-10-8-12(17)14-19-20-15(21(14)9-10)23-7-6-13(22)18-11-4-2-1-3-5-11/h1-5,8-9H,6-7H2,(H,18,22). The summed E-state index contributed by atoms with van der Waals surface area (Å²) in [5.74, 6) is 0.525. The molecule has 2 heterocycles. The Morgan fingerprint density at radius 2 is 2.00 bits per heavy atom. The third kappa shape index (κ3) is 3.96.